The zero-order valence-electron chi connectivity index (χ0n) is 12.0. The molecule has 3 heterocycles. The number of hydrogen-bond acceptors (Lipinski definition) is 5. The lowest BCUT2D eigenvalue weighted by atomic mass is 10.4. The molecule has 0 radical (unpaired) electrons. The summed E-state index contributed by atoms with van der Waals surface area (Å²) in [4.78, 5) is 21.4. The van der Waals surface area contributed by atoms with E-state index < -0.39 is 0 Å². The molecular weight excluding hydrogens is 282 g/mol. The van der Waals surface area contributed by atoms with Crippen LogP contribution in [-0.4, -0.2) is 24.3 Å². The first-order valence-electron chi connectivity index (χ1n) is 7.66. The minimum Gasteiger partial charge on any atom is -0.448 e. The van der Waals surface area contributed by atoms with Crippen molar-refractivity contribution in [3.8, 4) is 0 Å². The third kappa shape index (κ3) is 1.88. The van der Waals surface area contributed by atoms with Gasteiger partial charge in [0.15, 0.2) is 11.5 Å². The second kappa shape index (κ2) is 4.28. The van der Waals surface area contributed by atoms with Gasteiger partial charge >= 0.3 is 0 Å². The molecule has 7 heteroatoms. The van der Waals surface area contributed by atoms with Gasteiger partial charge < -0.3 is 4.42 Å². The van der Waals surface area contributed by atoms with Crippen LogP contribution in [0.5, 0.6) is 0 Å². The van der Waals surface area contributed by atoms with E-state index in [1.165, 1.54) is 0 Å². The quantitative estimate of drug-likeness (QED) is 0.734. The number of aromatic nitrogens is 5. The van der Waals surface area contributed by atoms with Crippen LogP contribution < -0.4 is 5.56 Å². The fourth-order valence-corrected chi connectivity index (χ4v) is 2.75. The third-order valence-corrected chi connectivity index (χ3v) is 4.30. The fourth-order valence-electron chi connectivity index (χ4n) is 2.75. The van der Waals surface area contributed by atoms with Gasteiger partial charge in [0.05, 0.1) is 24.5 Å². The van der Waals surface area contributed by atoms with Gasteiger partial charge in [-0.3, -0.25) is 9.36 Å². The molecule has 0 unspecified atom stereocenters. The second-order valence-electron chi connectivity index (χ2n) is 6.19. The Bertz CT molecular complexity index is 914. The van der Waals surface area contributed by atoms with E-state index in [4.69, 9.17) is 4.42 Å². The Morgan fingerprint density at radius 1 is 1.27 bits per heavy atom. The number of rotatable bonds is 4. The van der Waals surface area contributed by atoms with Crippen molar-refractivity contribution in [1.82, 2.24) is 24.3 Å². The van der Waals surface area contributed by atoms with E-state index in [0.717, 1.165) is 37.3 Å². The maximum absolute atomic E-state index is 12.6. The summed E-state index contributed by atoms with van der Waals surface area (Å²) in [5.74, 6) is 1.27. The minimum absolute atomic E-state index is 0.0760. The molecule has 112 valence electrons. The molecule has 0 amide bonds. The van der Waals surface area contributed by atoms with Crippen LogP contribution in [0.4, 0.5) is 0 Å². The van der Waals surface area contributed by atoms with E-state index in [2.05, 4.69) is 15.1 Å². The lowest BCUT2D eigenvalue weighted by molar-refractivity contribution is 0.496. The molecule has 2 fully saturated rings. The molecule has 2 aliphatic carbocycles. The van der Waals surface area contributed by atoms with E-state index in [9.17, 15) is 4.79 Å². The summed E-state index contributed by atoms with van der Waals surface area (Å²) in [5.41, 5.74) is 1.37. The summed E-state index contributed by atoms with van der Waals surface area (Å²) in [6, 6.07) is 0.414. The Labute approximate surface area is 125 Å². The van der Waals surface area contributed by atoms with Crippen LogP contribution >= 0.6 is 0 Å². The van der Waals surface area contributed by atoms with Crippen molar-refractivity contribution in [2.24, 2.45) is 0 Å². The van der Waals surface area contributed by atoms with Crippen molar-refractivity contribution in [2.45, 2.75) is 44.2 Å². The zero-order valence-corrected chi connectivity index (χ0v) is 12.0. The highest BCUT2D eigenvalue weighted by molar-refractivity contribution is 5.73. The third-order valence-electron chi connectivity index (χ3n) is 4.30. The predicted molar refractivity (Wildman–Crippen MR) is 77.6 cm³/mol. The summed E-state index contributed by atoms with van der Waals surface area (Å²) in [7, 11) is 0. The summed E-state index contributed by atoms with van der Waals surface area (Å²) in [6.45, 7) is 0.382. The number of nitrogens with zero attached hydrogens (tertiary/aromatic N) is 5. The van der Waals surface area contributed by atoms with Gasteiger partial charge in [0.25, 0.3) is 5.56 Å². The van der Waals surface area contributed by atoms with Gasteiger partial charge in [0.1, 0.15) is 18.0 Å². The lowest BCUT2D eigenvalue weighted by Crippen LogP contribution is -2.21. The normalized spacial score (nSPS) is 18.2. The molecule has 0 N–H and O–H groups in total. The number of oxazole rings is 1. The van der Waals surface area contributed by atoms with Crippen molar-refractivity contribution in [1.29, 1.82) is 0 Å². The van der Waals surface area contributed by atoms with Crippen molar-refractivity contribution >= 4 is 11.0 Å². The zero-order chi connectivity index (χ0) is 14.7. The highest BCUT2D eigenvalue weighted by atomic mass is 16.3. The van der Waals surface area contributed by atoms with Gasteiger partial charge in [0.2, 0.25) is 0 Å². The predicted octanol–water partition coefficient (Wildman–Crippen LogP) is 1.84. The molecule has 0 aliphatic heterocycles. The topological polar surface area (TPSA) is 78.7 Å². The summed E-state index contributed by atoms with van der Waals surface area (Å²) < 4.78 is 8.90. The first kappa shape index (κ1) is 12.1. The van der Waals surface area contributed by atoms with Crippen LogP contribution in [0.25, 0.3) is 11.0 Å². The largest absolute Gasteiger partial charge is 0.448 e. The molecule has 0 atom stereocenters. The van der Waals surface area contributed by atoms with Gasteiger partial charge in [-0.05, 0) is 25.7 Å². The fraction of sp³-hybridized carbons (Fsp3) is 0.467. The highest BCUT2D eigenvalue weighted by Crippen LogP contribution is 2.39. The smallest absolute Gasteiger partial charge is 0.264 e. The Morgan fingerprint density at radius 3 is 2.91 bits per heavy atom. The first-order chi connectivity index (χ1) is 10.8. The molecule has 3 aromatic heterocycles. The number of hydrogen-bond donors (Lipinski definition) is 0. The lowest BCUT2D eigenvalue weighted by Gasteiger charge is -2.03. The molecule has 0 saturated heterocycles. The maximum Gasteiger partial charge on any atom is 0.264 e. The first-order valence-corrected chi connectivity index (χ1v) is 7.66. The standard InChI is InChI=1S/C15H15N5O2/c21-15-12-5-17-20(11-3-4-11)13(12)16-8-19(15)6-10-7-22-14(18-10)9-1-2-9/h5,7-9,11H,1-4,6H2. The summed E-state index contributed by atoms with van der Waals surface area (Å²) in [5, 5.41) is 4.88. The molecule has 0 spiro atoms. The SMILES string of the molecule is O=c1c2cnn(C3CC3)c2ncn1Cc1coc(C2CC2)n1. The molecule has 3 aromatic rings. The van der Waals surface area contributed by atoms with E-state index in [0.29, 0.717) is 29.5 Å². The Morgan fingerprint density at radius 2 is 2.14 bits per heavy atom. The van der Waals surface area contributed by atoms with Crippen LogP contribution in [0.1, 0.15) is 49.2 Å². The van der Waals surface area contributed by atoms with Crippen LogP contribution in [0.3, 0.4) is 0 Å². The van der Waals surface area contributed by atoms with Gasteiger partial charge in [-0.15, -0.1) is 0 Å². The van der Waals surface area contributed by atoms with E-state index in [-0.39, 0.29) is 5.56 Å². The average Bonchev–Trinajstić information content (AvgIpc) is 3.45. The molecular formula is C15H15N5O2. The van der Waals surface area contributed by atoms with Gasteiger partial charge in [-0.1, -0.05) is 0 Å². The molecule has 0 aromatic carbocycles. The van der Waals surface area contributed by atoms with E-state index in [1.54, 1.807) is 23.4 Å². The highest BCUT2D eigenvalue weighted by Gasteiger charge is 2.29. The second-order valence-corrected chi connectivity index (χ2v) is 6.19. The molecule has 7 nitrogen and oxygen atoms in total. The van der Waals surface area contributed by atoms with Gasteiger partial charge in [-0.2, -0.15) is 5.10 Å². The Balaban J connectivity index is 1.50. The number of fused-ring (bicyclic) bond motifs is 1. The Kier molecular flexibility index (Phi) is 2.36. The molecule has 5 rings (SSSR count). The van der Waals surface area contributed by atoms with Crippen LogP contribution in [-0.2, 0) is 6.54 Å². The van der Waals surface area contributed by atoms with Gasteiger partial charge in [-0.25, -0.2) is 14.6 Å². The van der Waals surface area contributed by atoms with Crippen molar-refractivity contribution in [3.63, 3.8) is 0 Å². The monoisotopic (exact) mass is 297 g/mol. The average molecular weight is 297 g/mol. The van der Waals surface area contributed by atoms with Crippen LogP contribution in [0.15, 0.2) is 28.0 Å². The van der Waals surface area contributed by atoms with Gasteiger partial charge in [0, 0.05) is 5.92 Å². The van der Waals surface area contributed by atoms with Crippen molar-refractivity contribution < 1.29 is 4.42 Å². The molecule has 0 bridgehead atoms. The van der Waals surface area contributed by atoms with Crippen LogP contribution in [0.2, 0.25) is 0 Å². The maximum atomic E-state index is 12.6. The minimum atomic E-state index is -0.0760. The van der Waals surface area contributed by atoms with Crippen LogP contribution in [0, 0.1) is 0 Å². The summed E-state index contributed by atoms with van der Waals surface area (Å²) >= 11 is 0. The van der Waals surface area contributed by atoms with Crippen molar-refractivity contribution in [3.05, 3.63) is 40.7 Å². The van der Waals surface area contributed by atoms with E-state index in [1.807, 2.05) is 4.68 Å². The molecule has 2 aliphatic rings. The molecule has 2 saturated carbocycles. The van der Waals surface area contributed by atoms with Crippen molar-refractivity contribution in [2.75, 3.05) is 0 Å². The Hall–Kier alpha value is -2.44. The molecule has 22 heavy (non-hydrogen) atoms. The summed E-state index contributed by atoms with van der Waals surface area (Å²) in [6.07, 6.45) is 9.36. The van der Waals surface area contributed by atoms with E-state index >= 15 is 0 Å².